The molecule has 13 heavy (non-hydrogen) atoms. The van der Waals surface area contributed by atoms with E-state index in [4.69, 9.17) is 21.7 Å². The smallest absolute Gasteiger partial charge is 0.345 e. The first-order valence-corrected chi connectivity index (χ1v) is 4.20. The van der Waals surface area contributed by atoms with Crippen LogP contribution in [0.3, 0.4) is 0 Å². The van der Waals surface area contributed by atoms with Crippen LogP contribution in [0.15, 0.2) is 0 Å². The highest BCUT2D eigenvalue weighted by Gasteiger charge is 2.50. The van der Waals surface area contributed by atoms with Crippen LogP contribution in [0.5, 0.6) is 0 Å². The lowest BCUT2D eigenvalue weighted by Crippen LogP contribution is -2.51. The van der Waals surface area contributed by atoms with Crippen LogP contribution < -0.4 is 0 Å². The molecule has 0 aliphatic carbocycles. The van der Waals surface area contributed by atoms with Gasteiger partial charge in [-0.05, 0) is 6.92 Å². The quantitative estimate of drug-likeness (QED) is 0.248. The van der Waals surface area contributed by atoms with Crippen molar-refractivity contribution in [1.29, 1.82) is 0 Å². The summed E-state index contributed by atoms with van der Waals surface area (Å²) >= 11 is 8.61. The van der Waals surface area contributed by atoms with Crippen molar-refractivity contribution >= 4 is 29.7 Å². The van der Waals surface area contributed by atoms with Gasteiger partial charge in [-0.3, -0.25) is 10.1 Å². The van der Waals surface area contributed by atoms with Crippen molar-refractivity contribution in [3.63, 3.8) is 0 Å². The molecule has 76 valence electrons. The maximum atomic E-state index is 10.7. The molecule has 0 spiro atoms. The summed E-state index contributed by atoms with van der Waals surface area (Å²) in [5, 5.41) is 10.7. The largest absolute Gasteiger partial charge is 0.349 e. The lowest BCUT2D eigenvalue weighted by atomic mass is 10.2. The molecule has 0 amide bonds. The average molecular weight is 225 g/mol. The number of rotatable bonds is 5. The van der Waals surface area contributed by atoms with Crippen LogP contribution in [-0.2, 0) is 9.47 Å². The fraction of sp³-hybridized carbons (Fsp3) is 0.833. The third-order valence-electron chi connectivity index (χ3n) is 1.55. The molecule has 1 atom stereocenters. The summed E-state index contributed by atoms with van der Waals surface area (Å²) in [6, 6.07) is 0. The van der Waals surface area contributed by atoms with Gasteiger partial charge >= 0.3 is 4.87 Å². The standard InChI is InChI=1S/C6H11NO4S2/c1-4(12)6(13,7(8)9)5(10-2)11-3/h5,13H,1-3H3. The summed E-state index contributed by atoms with van der Waals surface area (Å²) in [5.41, 5.74) is 0. The molecule has 0 bridgehead atoms. The summed E-state index contributed by atoms with van der Waals surface area (Å²) < 4.78 is 9.52. The number of hydrogen-bond acceptors (Lipinski definition) is 6. The highest BCUT2D eigenvalue weighted by Crippen LogP contribution is 2.25. The first kappa shape index (κ1) is 12.8. The Hall–Kier alpha value is -0.240. The molecule has 0 aromatic carbocycles. The highest BCUT2D eigenvalue weighted by atomic mass is 32.1. The molecule has 7 heteroatoms. The molecular formula is C6H11NO4S2. The van der Waals surface area contributed by atoms with E-state index < -0.39 is 16.1 Å². The van der Waals surface area contributed by atoms with E-state index in [-0.39, 0.29) is 4.86 Å². The van der Waals surface area contributed by atoms with Crippen LogP contribution >= 0.6 is 24.8 Å². The zero-order valence-corrected chi connectivity index (χ0v) is 9.22. The Morgan fingerprint density at radius 2 is 2.00 bits per heavy atom. The fourth-order valence-electron chi connectivity index (χ4n) is 0.805. The van der Waals surface area contributed by atoms with E-state index >= 15 is 0 Å². The Balaban J connectivity index is 4.98. The number of thiocarbonyl (C=S) groups is 1. The normalized spacial score (nSPS) is 15.5. The van der Waals surface area contributed by atoms with Gasteiger partial charge in [0.05, 0.1) is 4.86 Å². The second kappa shape index (κ2) is 4.85. The second-order valence-corrected chi connectivity index (χ2v) is 3.64. The van der Waals surface area contributed by atoms with E-state index in [0.717, 1.165) is 0 Å². The molecule has 0 heterocycles. The van der Waals surface area contributed by atoms with Gasteiger partial charge in [0.1, 0.15) is 0 Å². The zero-order chi connectivity index (χ0) is 10.6. The molecule has 0 saturated carbocycles. The third-order valence-corrected chi connectivity index (χ3v) is 2.73. The number of nitrogens with zero attached hydrogens (tertiary/aromatic N) is 1. The van der Waals surface area contributed by atoms with Gasteiger partial charge in [-0.25, -0.2) is 0 Å². The van der Waals surface area contributed by atoms with Gasteiger partial charge in [-0.15, -0.1) is 0 Å². The van der Waals surface area contributed by atoms with Crippen LogP contribution in [0, 0.1) is 10.1 Å². The number of hydrogen-bond donors (Lipinski definition) is 1. The topological polar surface area (TPSA) is 61.6 Å². The molecule has 0 fully saturated rings. The third kappa shape index (κ3) is 2.37. The Labute approximate surface area is 87.0 Å². The number of ether oxygens (including phenoxy) is 2. The van der Waals surface area contributed by atoms with Crippen LogP contribution in [0.4, 0.5) is 0 Å². The molecule has 0 saturated heterocycles. The highest BCUT2D eigenvalue weighted by molar-refractivity contribution is 7.87. The minimum Gasteiger partial charge on any atom is -0.349 e. The van der Waals surface area contributed by atoms with Crippen molar-refractivity contribution in [2.24, 2.45) is 0 Å². The predicted octanol–water partition coefficient (Wildman–Crippen LogP) is 0.898. The number of nitro groups is 1. The van der Waals surface area contributed by atoms with Crippen molar-refractivity contribution < 1.29 is 14.4 Å². The van der Waals surface area contributed by atoms with Gasteiger partial charge in [0.25, 0.3) is 0 Å². The zero-order valence-electron chi connectivity index (χ0n) is 7.51. The Kier molecular flexibility index (Phi) is 4.76. The fourth-order valence-corrected chi connectivity index (χ4v) is 1.19. The Morgan fingerprint density at radius 1 is 1.62 bits per heavy atom. The Bertz CT molecular complexity index is 203. The van der Waals surface area contributed by atoms with E-state index in [1.165, 1.54) is 21.1 Å². The van der Waals surface area contributed by atoms with E-state index in [1.807, 2.05) is 0 Å². The van der Waals surface area contributed by atoms with Gasteiger partial charge < -0.3 is 9.47 Å². The summed E-state index contributed by atoms with van der Waals surface area (Å²) in [7, 11) is 2.59. The van der Waals surface area contributed by atoms with Crippen molar-refractivity contribution in [1.82, 2.24) is 0 Å². The molecule has 0 N–H and O–H groups in total. The van der Waals surface area contributed by atoms with Gasteiger partial charge in [0.15, 0.2) is 0 Å². The Morgan fingerprint density at radius 3 is 2.08 bits per heavy atom. The van der Waals surface area contributed by atoms with E-state index in [2.05, 4.69) is 12.6 Å². The first-order valence-electron chi connectivity index (χ1n) is 3.34. The van der Waals surface area contributed by atoms with Crippen LogP contribution in [-0.4, -0.2) is 35.2 Å². The van der Waals surface area contributed by atoms with Gasteiger partial charge in [-0.1, -0.05) is 24.8 Å². The first-order chi connectivity index (χ1) is 5.91. The minimum atomic E-state index is -1.78. The van der Waals surface area contributed by atoms with E-state index in [1.54, 1.807) is 0 Å². The number of methoxy groups -OCH3 is 2. The van der Waals surface area contributed by atoms with Crippen molar-refractivity contribution in [3.05, 3.63) is 10.1 Å². The van der Waals surface area contributed by atoms with E-state index in [9.17, 15) is 10.1 Å². The molecule has 0 aliphatic rings. The second-order valence-electron chi connectivity index (χ2n) is 2.34. The summed E-state index contributed by atoms with van der Waals surface area (Å²) in [4.78, 5) is 8.39. The molecule has 5 nitrogen and oxygen atoms in total. The van der Waals surface area contributed by atoms with Crippen LogP contribution in [0.1, 0.15) is 6.92 Å². The molecule has 0 aromatic rings. The lowest BCUT2D eigenvalue weighted by Gasteiger charge is -2.25. The van der Waals surface area contributed by atoms with Crippen molar-refractivity contribution in [3.8, 4) is 0 Å². The monoisotopic (exact) mass is 225 g/mol. The minimum absolute atomic E-state index is 0.0922. The predicted molar refractivity (Wildman–Crippen MR) is 54.8 cm³/mol. The summed E-state index contributed by atoms with van der Waals surface area (Å²) in [5.74, 6) is 0. The van der Waals surface area contributed by atoms with Crippen LogP contribution in [0.25, 0.3) is 0 Å². The van der Waals surface area contributed by atoms with E-state index in [0.29, 0.717) is 0 Å². The van der Waals surface area contributed by atoms with Gasteiger partial charge in [0.2, 0.25) is 6.29 Å². The van der Waals surface area contributed by atoms with Crippen LogP contribution in [0.2, 0.25) is 0 Å². The lowest BCUT2D eigenvalue weighted by molar-refractivity contribution is -0.541. The van der Waals surface area contributed by atoms with Crippen molar-refractivity contribution in [2.45, 2.75) is 18.1 Å². The number of thiol groups is 1. The van der Waals surface area contributed by atoms with Crippen molar-refractivity contribution in [2.75, 3.05) is 14.2 Å². The SMILES string of the molecule is COC(OC)C(S)(C(C)=S)[N+](=O)[O-]. The molecule has 0 radical (unpaired) electrons. The molecule has 1 unspecified atom stereocenters. The van der Waals surface area contributed by atoms with Gasteiger partial charge in [0, 0.05) is 19.1 Å². The summed E-state index contributed by atoms with van der Waals surface area (Å²) in [6.07, 6.45) is -1.09. The molecular weight excluding hydrogens is 214 g/mol. The summed E-state index contributed by atoms with van der Waals surface area (Å²) in [6.45, 7) is 1.43. The molecule has 0 aliphatic heterocycles. The van der Waals surface area contributed by atoms with Gasteiger partial charge in [-0.2, -0.15) is 0 Å². The maximum Gasteiger partial charge on any atom is 0.345 e. The maximum absolute atomic E-state index is 10.7. The molecule has 0 rings (SSSR count). The average Bonchev–Trinajstić information content (AvgIpc) is 2.05. The molecule has 0 aromatic heterocycles.